The van der Waals surface area contributed by atoms with E-state index in [0.29, 0.717) is 0 Å². The normalized spacial score (nSPS) is 11.1. The van der Waals surface area contributed by atoms with Crippen LogP contribution in [0.5, 0.6) is 0 Å². The number of rotatable bonds is 16. The summed E-state index contributed by atoms with van der Waals surface area (Å²) >= 11 is 0. The lowest BCUT2D eigenvalue weighted by molar-refractivity contribution is 0.520. The van der Waals surface area contributed by atoms with Gasteiger partial charge < -0.3 is 10.6 Å². The number of hydrogen-bond acceptors (Lipinski definition) is 2. The molecular weight excluding hydrogens is 232 g/mol. The fraction of sp³-hybridized carbons (Fsp3) is 1.00. The average Bonchev–Trinajstić information content (AvgIpc) is 2.43. The number of hydrogen-bond donors (Lipinski definition) is 2. The number of nitrogens with one attached hydrogen (secondary N) is 2. The van der Waals surface area contributed by atoms with Crippen LogP contribution in [-0.2, 0) is 0 Å². The number of unbranched alkanes of at least 4 members (excludes halogenated alkanes) is 10. The van der Waals surface area contributed by atoms with Crippen LogP contribution in [0.1, 0.15) is 90.9 Å². The molecule has 0 unspecified atom stereocenters. The molecule has 0 aliphatic heterocycles. The van der Waals surface area contributed by atoms with Gasteiger partial charge >= 0.3 is 0 Å². The van der Waals surface area contributed by atoms with Gasteiger partial charge in [-0.3, -0.25) is 0 Å². The largest absolute Gasteiger partial charge is 0.304 e. The summed E-state index contributed by atoms with van der Waals surface area (Å²) in [6.07, 6.45) is 16.7. The van der Waals surface area contributed by atoms with Crippen molar-refractivity contribution in [3.63, 3.8) is 0 Å². The summed E-state index contributed by atoms with van der Waals surface area (Å²) in [5.74, 6) is 0. The summed E-state index contributed by atoms with van der Waals surface area (Å²) in [5, 5.41) is 6.95. The maximum absolute atomic E-state index is 3.48. The molecule has 0 heterocycles. The Kier molecular flexibility index (Phi) is 17.8. The molecule has 2 N–H and O–H groups in total. The van der Waals surface area contributed by atoms with E-state index >= 15 is 0 Å². The van der Waals surface area contributed by atoms with Gasteiger partial charge in [0, 0.05) is 6.67 Å². The maximum Gasteiger partial charge on any atom is 0.0454 e. The molecule has 0 spiro atoms. The van der Waals surface area contributed by atoms with Crippen LogP contribution in [0.4, 0.5) is 0 Å². The van der Waals surface area contributed by atoms with Gasteiger partial charge in [0.15, 0.2) is 0 Å². The van der Waals surface area contributed by atoms with Gasteiger partial charge in [-0.15, -0.1) is 0 Å². The molecule has 0 aromatic heterocycles. The molecule has 0 aromatic rings. The van der Waals surface area contributed by atoms with Crippen molar-refractivity contribution in [2.45, 2.75) is 90.9 Å². The molecule has 19 heavy (non-hydrogen) atoms. The van der Waals surface area contributed by atoms with Crippen molar-refractivity contribution in [1.29, 1.82) is 0 Å². The van der Waals surface area contributed by atoms with Crippen LogP contribution in [0.3, 0.4) is 0 Å². The topological polar surface area (TPSA) is 24.1 Å². The van der Waals surface area contributed by atoms with E-state index in [-0.39, 0.29) is 0 Å². The molecule has 0 amide bonds. The highest BCUT2D eigenvalue weighted by Crippen LogP contribution is 2.04. The predicted octanol–water partition coefficient (Wildman–Crippen LogP) is 4.84. The summed E-state index contributed by atoms with van der Waals surface area (Å²) in [4.78, 5) is 0. The quantitative estimate of drug-likeness (QED) is 0.310. The fourth-order valence-corrected chi connectivity index (χ4v) is 2.33. The van der Waals surface area contributed by atoms with Crippen LogP contribution >= 0.6 is 0 Å². The molecule has 0 rings (SSSR count). The Bertz CT molecular complexity index is 132. The van der Waals surface area contributed by atoms with Crippen LogP contribution < -0.4 is 10.6 Å². The van der Waals surface area contributed by atoms with E-state index in [1.807, 2.05) is 0 Å². The smallest absolute Gasteiger partial charge is 0.0454 e. The van der Waals surface area contributed by atoms with Gasteiger partial charge in [0.2, 0.25) is 0 Å². The Morgan fingerprint density at radius 2 is 0.842 bits per heavy atom. The van der Waals surface area contributed by atoms with Crippen molar-refractivity contribution in [2.75, 3.05) is 19.8 Å². The highest BCUT2D eigenvalue weighted by atomic mass is 15.0. The Hall–Kier alpha value is -0.0800. The fourth-order valence-electron chi connectivity index (χ4n) is 2.33. The lowest BCUT2D eigenvalue weighted by Crippen LogP contribution is -2.30. The lowest BCUT2D eigenvalue weighted by Gasteiger charge is -2.07. The highest BCUT2D eigenvalue weighted by Gasteiger charge is 1.92. The summed E-state index contributed by atoms with van der Waals surface area (Å²) in [6.45, 7) is 7.89. The molecule has 2 nitrogen and oxygen atoms in total. The van der Waals surface area contributed by atoms with Crippen molar-refractivity contribution >= 4 is 0 Å². The van der Waals surface area contributed by atoms with E-state index in [1.165, 1.54) is 90.1 Å². The minimum atomic E-state index is 0.990. The lowest BCUT2D eigenvalue weighted by atomic mass is 10.1. The van der Waals surface area contributed by atoms with Crippen LogP contribution in [-0.4, -0.2) is 19.8 Å². The predicted molar refractivity (Wildman–Crippen MR) is 87.6 cm³/mol. The minimum Gasteiger partial charge on any atom is -0.304 e. The molecule has 0 saturated carbocycles. The Morgan fingerprint density at radius 1 is 0.474 bits per heavy atom. The first-order valence-corrected chi connectivity index (χ1v) is 8.83. The summed E-state index contributed by atoms with van der Waals surface area (Å²) < 4.78 is 0. The van der Waals surface area contributed by atoms with Gasteiger partial charge in [0.05, 0.1) is 0 Å². The first-order valence-electron chi connectivity index (χ1n) is 8.83. The van der Waals surface area contributed by atoms with E-state index in [0.717, 1.165) is 6.67 Å². The molecule has 0 aliphatic carbocycles. The molecule has 0 radical (unpaired) electrons. The second-order valence-electron chi connectivity index (χ2n) is 5.71. The zero-order valence-corrected chi connectivity index (χ0v) is 13.6. The highest BCUT2D eigenvalue weighted by molar-refractivity contribution is 4.51. The molecule has 0 saturated heterocycles. The van der Waals surface area contributed by atoms with E-state index in [9.17, 15) is 0 Å². The van der Waals surface area contributed by atoms with E-state index in [2.05, 4.69) is 24.5 Å². The minimum absolute atomic E-state index is 0.990. The molecule has 116 valence electrons. The summed E-state index contributed by atoms with van der Waals surface area (Å²) in [7, 11) is 0. The summed E-state index contributed by atoms with van der Waals surface area (Å²) in [6, 6.07) is 0. The van der Waals surface area contributed by atoms with E-state index < -0.39 is 0 Å². The standard InChI is InChI=1S/C17H38N2/c1-3-5-7-9-11-13-15-18-17-19-16-14-12-10-8-6-4-2/h18-19H,3-17H2,1-2H3. The van der Waals surface area contributed by atoms with Gasteiger partial charge in [-0.1, -0.05) is 78.1 Å². The van der Waals surface area contributed by atoms with Crippen LogP contribution in [0.2, 0.25) is 0 Å². The van der Waals surface area contributed by atoms with Gasteiger partial charge in [0.25, 0.3) is 0 Å². The van der Waals surface area contributed by atoms with Crippen LogP contribution in [0, 0.1) is 0 Å². The van der Waals surface area contributed by atoms with E-state index in [4.69, 9.17) is 0 Å². The Balaban J connectivity index is 2.88. The molecule has 2 heteroatoms. The van der Waals surface area contributed by atoms with Crippen molar-refractivity contribution in [2.24, 2.45) is 0 Å². The second kappa shape index (κ2) is 17.9. The van der Waals surface area contributed by atoms with Gasteiger partial charge in [-0.2, -0.15) is 0 Å². The van der Waals surface area contributed by atoms with Crippen LogP contribution in [0.25, 0.3) is 0 Å². The van der Waals surface area contributed by atoms with Gasteiger partial charge in [-0.25, -0.2) is 0 Å². The second-order valence-corrected chi connectivity index (χ2v) is 5.71. The Labute approximate surface area is 122 Å². The molecule has 0 fully saturated rings. The SMILES string of the molecule is CCCCCCCCNCNCCCCCCCC. The molecule has 0 aromatic carbocycles. The van der Waals surface area contributed by atoms with Crippen molar-refractivity contribution in [3.05, 3.63) is 0 Å². The molecule has 0 bridgehead atoms. The third-order valence-corrected chi connectivity index (χ3v) is 3.66. The first-order chi connectivity index (χ1) is 9.41. The van der Waals surface area contributed by atoms with Gasteiger partial charge in [0.1, 0.15) is 0 Å². The van der Waals surface area contributed by atoms with Crippen LogP contribution in [0.15, 0.2) is 0 Å². The zero-order chi connectivity index (χ0) is 14.0. The Morgan fingerprint density at radius 3 is 1.26 bits per heavy atom. The summed E-state index contributed by atoms with van der Waals surface area (Å²) in [5.41, 5.74) is 0. The van der Waals surface area contributed by atoms with Gasteiger partial charge in [-0.05, 0) is 25.9 Å². The average molecular weight is 271 g/mol. The molecular formula is C17H38N2. The zero-order valence-electron chi connectivity index (χ0n) is 13.6. The van der Waals surface area contributed by atoms with E-state index in [1.54, 1.807) is 0 Å². The maximum atomic E-state index is 3.48. The van der Waals surface area contributed by atoms with Crippen molar-refractivity contribution < 1.29 is 0 Å². The molecule has 0 atom stereocenters. The third-order valence-electron chi connectivity index (χ3n) is 3.66. The monoisotopic (exact) mass is 270 g/mol. The first kappa shape index (κ1) is 18.9. The third kappa shape index (κ3) is 17.9. The van der Waals surface area contributed by atoms with Crippen molar-refractivity contribution in [1.82, 2.24) is 10.6 Å². The van der Waals surface area contributed by atoms with Crippen molar-refractivity contribution in [3.8, 4) is 0 Å². The molecule has 0 aliphatic rings.